The van der Waals surface area contributed by atoms with Gasteiger partial charge in [-0.2, -0.15) is 0 Å². The lowest BCUT2D eigenvalue weighted by Gasteiger charge is -2.33. The third-order valence-electron chi connectivity index (χ3n) is 5.57. The van der Waals surface area contributed by atoms with E-state index in [1.165, 1.54) is 0 Å². The number of esters is 1. The zero-order valence-corrected chi connectivity index (χ0v) is 18.0. The molecule has 0 bridgehead atoms. The van der Waals surface area contributed by atoms with Crippen molar-refractivity contribution in [2.75, 3.05) is 19.7 Å². The summed E-state index contributed by atoms with van der Waals surface area (Å²) in [5, 5.41) is 3.19. The maximum Gasteiger partial charge on any atom is 0.306 e. The second-order valence-electron chi connectivity index (χ2n) is 7.72. The quantitative estimate of drug-likeness (QED) is 0.663. The number of carbonyl (C=O) groups is 3. The van der Waals surface area contributed by atoms with Gasteiger partial charge in [0, 0.05) is 25.6 Å². The van der Waals surface area contributed by atoms with Gasteiger partial charge in [0.2, 0.25) is 11.8 Å². The highest BCUT2D eigenvalue weighted by Gasteiger charge is 2.28. The van der Waals surface area contributed by atoms with Crippen LogP contribution < -0.4 is 5.32 Å². The molecule has 1 fully saturated rings. The zero-order chi connectivity index (χ0) is 22.1. The highest BCUT2D eigenvalue weighted by Crippen LogP contribution is 2.25. The van der Waals surface area contributed by atoms with Gasteiger partial charge in [-0.3, -0.25) is 14.4 Å². The fourth-order valence-electron chi connectivity index (χ4n) is 3.94. The summed E-state index contributed by atoms with van der Waals surface area (Å²) in [7, 11) is 0. The van der Waals surface area contributed by atoms with Crippen molar-refractivity contribution in [1.82, 2.24) is 10.2 Å². The van der Waals surface area contributed by atoms with Crippen LogP contribution in [-0.4, -0.2) is 48.4 Å². The molecule has 1 aliphatic rings. The molecular weight excluding hydrogens is 392 g/mol. The number of nitrogens with one attached hydrogen (secondary N) is 1. The molecule has 1 N–H and O–H groups in total. The van der Waals surface area contributed by atoms with E-state index in [4.69, 9.17) is 4.74 Å². The Morgan fingerprint density at radius 3 is 2.00 bits per heavy atom. The molecule has 0 unspecified atom stereocenters. The molecule has 0 saturated carbocycles. The molecule has 1 aliphatic heterocycles. The molecule has 1 heterocycles. The summed E-state index contributed by atoms with van der Waals surface area (Å²) in [5.74, 6) is -0.772. The highest BCUT2D eigenvalue weighted by molar-refractivity contribution is 5.87. The first-order valence-corrected chi connectivity index (χ1v) is 10.9. The second kappa shape index (κ2) is 11.3. The third kappa shape index (κ3) is 6.41. The van der Waals surface area contributed by atoms with Crippen LogP contribution in [0.4, 0.5) is 0 Å². The Morgan fingerprint density at radius 1 is 0.935 bits per heavy atom. The molecule has 1 saturated heterocycles. The van der Waals surface area contributed by atoms with Crippen LogP contribution in [0.25, 0.3) is 0 Å². The molecule has 2 amide bonds. The highest BCUT2D eigenvalue weighted by atomic mass is 16.5. The van der Waals surface area contributed by atoms with E-state index in [2.05, 4.69) is 5.32 Å². The average Bonchev–Trinajstić information content (AvgIpc) is 2.80. The molecule has 6 heteroatoms. The SMILES string of the molecule is CCOC(=O)CCC(=O)N1CCC(NC(=O)C(c2ccccc2)c2ccccc2)CC1. The minimum absolute atomic E-state index is 0.0236. The minimum atomic E-state index is -0.369. The Balaban J connectivity index is 1.56. The van der Waals surface area contributed by atoms with Crippen LogP contribution in [0.3, 0.4) is 0 Å². The van der Waals surface area contributed by atoms with Crippen LogP contribution in [0.15, 0.2) is 60.7 Å². The van der Waals surface area contributed by atoms with Gasteiger partial charge in [0.1, 0.15) is 0 Å². The monoisotopic (exact) mass is 422 g/mol. The van der Waals surface area contributed by atoms with E-state index < -0.39 is 0 Å². The van der Waals surface area contributed by atoms with Crippen LogP contribution in [0.2, 0.25) is 0 Å². The Bertz CT molecular complexity index is 822. The Kier molecular flexibility index (Phi) is 8.21. The lowest BCUT2D eigenvalue weighted by molar-refractivity contribution is -0.146. The predicted molar refractivity (Wildman–Crippen MR) is 118 cm³/mol. The van der Waals surface area contributed by atoms with Crippen molar-refractivity contribution in [3.05, 3.63) is 71.8 Å². The van der Waals surface area contributed by atoms with Gasteiger partial charge in [0.25, 0.3) is 0 Å². The van der Waals surface area contributed by atoms with Gasteiger partial charge >= 0.3 is 5.97 Å². The Morgan fingerprint density at radius 2 is 1.48 bits per heavy atom. The maximum absolute atomic E-state index is 13.2. The number of piperidine rings is 1. The van der Waals surface area contributed by atoms with E-state index >= 15 is 0 Å². The minimum Gasteiger partial charge on any atom is -0.466 e. The summed E-state index contributed by atoms with van der Waals surface area (Å²) in [5.41, 5.74) is 1.91. The normalized spacial score (nSPS) is 14.3. The molecular formula is C25H30N2O4. The first kappa shape index (κ1) is 22.5. The van der Waals surface area contributed by atoms with Gasteiger partial charge in [0.05, 0.1) is 18.9 Å². The van der Waals surface area contributed by atoms with Gasteiger partial charge in [-0.1, -0.05) is 60.7 Å². The number of benzene rings is 2. The lowest BCUT2D eigenvalue weighted by Crippen LogP contribution is -2.47. The number of amides is 2. The molecule has 0 spiro atoms. The first-order chi connectivity index (χ1) is 15.1. The fourth-order valence-corrected chi connectivity index (χ4v) is 3.94. The molecule has 3 rings (SSSR count). The van der Waals surface area contributed by atoms with Crippen LogP contribution in [0, 0.1) is 0 Å². The molecule has 0 atom stereocenters. The second-order valence-corrected chi connectivity index (χ2v) is 7.72. The number of rotatable bonds is 8. The van der Waals surface area contributed by atoms with Gasteiger partial charge in [-0.05, 0) is 30.9 Å². The lowest BCUT2D eigenvalue weighted by atomic mass is 9.90. The van der Waals surface area contributed by atoms with Gasteiger partial charge in [0.15, 0.2) is 0 Å². The standard InChI is InChI=1S/C25H30N2O4/c1-2-31-23(29)14-13-22(28)27-17-15-21(16-18-27)26-25(30)24(19-9-5-3-6-10-19)20-11-7-4-8-12-20/h3-12,21,24H,2,13-18H2,1H3,(H,26,30). The molecule has 0 radical (unpaired) electrons. The smallest absolute Gasteiger partial charge is 0.306 e. The predicted octanol–water partition coefficient (Wildman–Crippen LogP) is 3.27. The molecule has 0 aliphatic carbocycles. The number of hydrogen-bond acceptors (Lipinski definition) is 4. The van der Waals surface area contributed by atoms with Crippen molar-refractivity contribution in [3.63, 3.8) is 0 Å². The van der Waals surface area contributed by atoms with Gasteiger partial charge in [-0.25, -0.2) is 0 Å². The summed E-state index contributed by atoms with van der Waals surface area (Å²) in [6.45, 7) is 3.23. The van der Waals surface area contributed by atoms with Crippen molar-refractivity contribution in [3.8, 4) is 0 Å². The average molecular weight is 423 g/mol. The van der Waals surface area contributed by atoms with E-state index in [0.717, 1.165) is 11.1 Å². The van der Waals surface area contributed by atoms with Gasteiger partial charge < -0.3 is 15.0 Å². The van der Waals surface area contributed by atoms with E-state index in [-0.39, 0.29) is 42.6 Å². The van der Waals surface area contributed by atoms with E-state index in [1.54, 1.807) is 11.8 Å². The Hall–Kier alpha value is -3.15. The van der Waals surface area contributed by atoms with E-state index in [0.29, 0.717) is 32.5 Å². The molecule has 2 aromatic rings. The van der Waals surface area contributed by atoms with Crippen LogP contribution in [-0.2, 0) is 19.1 Å². The number of nitrogens with zero attached hydrogens (tertiary/aromatic N) is 1. The molecule has 164 valence electrons. The summed E-state index contributed by atoms with van der Waals surface area (Å²) in [4.78, 5) is 38.8. The van der Waals surface area contributed by atoms with E-state index in [1.807, 2.05) is 60.7 Å². The van der Waals surface area contributed by atoms with E-state index in [9.17, 15) is 14.4 Å². The molecule has 0 aromatic heterocycles. The molecule has 31 heavy (non-hydrogen) atoms. The van der Waals surface area contributed by atoms with Crippen LogP contribution >= 0.6 is 0 Å². The van der Waals surface area contributed by atoms with Crippen LogP contribution in [0.5, 0.6) is 0 Å². The summed E-state index contributed by atoms with van der Waals surface area (Å²) < 4.78 is 4.88. The third-order valence-corrected chi connectivity index (χ3v) is 5.57. The van der Waals surface area contributed by atoms with Crippen LogP contribution in [0.1, 0.15) is 49.7 Å². The number of carbonyl (C=O) groups excluding carboxylic acids is 3. The molecule has 6 nitrogen and oxygen atoms in total. The maximum atomic E-state index is 13.2. The largest absolute Gasteiger partial charge is 0.466 e. The Labute approximate surface area is 183 Å². The van der Waals surface area contributed by atoms with Crippen molar-refractivity contribution in [2.24, 2.45) is 0 Å². The summed E-state index contributed by atoms with van der Waals surface area (Å²) in [6, 6.07) is 19.6. The first-order valence-electron chi connectivity index (χ1n) is 10.9. The summed E-state index contributed by atoms with van der Waals surface area (Å²) >= 11 is 0. The molecule has 2 aromatic carbocycles. The zero-order valence-electron chi connectivity index (χ0n) is 18.0. The number of hydrogen-bond donors (Lipinski definition) is 1. The fraction of sp³-hybridized carbons (Fsp3) is 0.400. The number of likely N-dealkylation sites (tertiary alicyclic amines) is 1. The van der Waals surface area contributed by atoms with Gasteiger partial charge in [-0.15, -0.1) is 0 Å². The van der Waals surface area contributed by atoms with Crippen molar-refractivity contribution in [2.45, 2.75) is 44.6 Å². The van der Waals surface area contributed by atoms with Crippen molar-refractivity contribution >= 4 is 17.8 Å². The number of ether oxygens (including phenoxy) is 1. The van der Waals surface area contributed by atoms with Crippen molar-refractivity contribution < 1.29 is 19.1 Å². The van der Waals surface area contributed by atoms with Crippen molar-refractivity contribution in [1.29, 1.82) is 0 Å². The summed E-state index contributed by atoms with van der Waals surface area (Å²) in [6.07, 6.45) is 1.68. The topological polar surface area (TPSA) is 75.7 Å².